The van der Waals surface area contributed by atoms with E-state index in [1.165, 1.54) is 23.3 Å². The van der Waals surface area contributed by atoms with Gasteiger partial charge in [0.25, 0.3) is 0 Å². The van der Waals surface area contributed by atoms with Crippen molar-refractivity contribution in [2.75, 3.05) is 0 Å². The number of aromatic carboxylic acids is 1. The van der Waals surface area contributed by atoms with Gasteiger partial charge in [-0.3, -0.25) is 0 Å². The summed E-state index contributed by atoms with van der Waals surface area (Å²) in [6, 6.07) is 12.6. The molecule has 150 valence electrons. The molecule has 0 spiro atoms. The predicted molar refractivity (Wildman–Crippen MR) is 116 cm³/mol. The molecule has 0 aromatic heterocycles. The molecule has 1 aliphatic rings. The van der Waals surface area contributed by atoms with Gasteiger partial charge < -0.3 is 5.11 Å². The first-order valence-corrected chi connectivity index (χ1v) is 10.1. The zero-order valence-corrected chi connectivity index (χ0v) is 17.7. The largest absolute Gasteiger partial charge is 0.478 e. The topological polar surface area (TPSA) is 37.3 Å². The third kappa shape index (κ3) is 3.13. The summed E-state index contributed by atoms with van der Waals surface area (Å²) in [4.78, 5) is 11.2. The molecule has 0 saturated heterocycles. The van der Waals surface area contributed by atoms with Crippen LogP contribution in [0.15, 0.2) is 42.5 Å². The minimum Gasteiger partial charge on any atom is -0.478 e. The summed E-state index contributed by atoms with van der Waals surface area (Å²) >= 11 is 0. The van der Waals surface area contributed by atoms with E-state index in [1.807, 2.05) is 13.0 Å². The second-order valence-electron chi connectivity index (χ2n) is 9.65. The number of fused-ring (bicyclic) bond motifs is 2. The zero-order valence-electron chi connectivity index (χ0n) is 17.7. The van der Waals surface area contributed by atoms with E-state index in [2.05, 4.69) is 39.8 Å². The van der Waals surface area contributed by atoms with Crippen LogP contribution in [0.3, 0.4) is 0 Å². The molecule has 0 heterocycles. The Labute approximate surface area is 171 Å². The van der Waals surface area contributed by atoms with Crippen LogP contribution in [0.5, 0.6) is 0 Å². The third-order valence-corrected chi connectivity index (χ3v) is 6.69. The van der Waals surface area contributed by atoms with Crippen molar-refractivity contribution >= 4 is 16.7 Å². The summed E-state index contributed by atoms with van der Waals surface area (Å²) < 4.78 is 15.5. The van der Waals surface area contributed by atoms with E-state index in [-0.39, 0.29) is 22.2 Å². The van der Waals surface area contributed by atoms with Crippen LogP contribution >= 0.6 is 0 Å². The van der Waals surface area contributed by atoms with E-state index in [1.54, 1.807) is 12.1 Å². The number of halogens is 1. The number of aryl methyl sites for hydroxylation is 1. The molecule has 1 aliphatic carbocycles. The van der Waals surface area contributed by atoms with Crippen molar-refractivity contribution in [1.29, 1.82) is 0 Å². The van der Waals surface area contributed by atoms with Crippen molar-refractivity contribution in [1.82, 2.24) is 0 Å². The lowest BCUT2D eigenvalue weighted by molar-refractivity contribution is 0.0697. The lowest BCUT2D eigenvalue weighted by atomic mass is 9.62. The molecule has 0 amide bonds. The Kier molecular flexibility index (Phi) is 4.34. The highest BCUT2D eigenvalue weighted by molar-refractivity contribution is 5.96. The predicted octanol–water partition coefficient (Wildman–Crippen LogP) is 7.00. The van der Waals surface area contributed by atoms with Crippen LogP contribution in [0.4, 0.5) is 4.39 Å². The Bertz CT molecular complexity index is 1160. The first kappa shape index (κ1) is 19.6. The Morgan fingerprint density at radius 2 is 1.52 bits per heavy atom. The lowest BCUT2D eigenvalue weighted by Crippen LogP contribution is -2.34. The summed E-state index contributed by atoms with van der Waals surface area (Å²) in [5.41, 5.74) is 5.54. The van der Waals surface area contributed by atoms with Crippen molar-refractivity contribution in [3.05, 3.63) is 70.5 Å². The maximum absolute atomic E-state index is 15.5. The van der Waals surface area contributed by atoms with Crippen LogP contribution in [0, 0.1) is 12.7 Å². The molecule has 0 unspecified atom stereocenters. The number of carboxylic acids is 1. The second kappa shape index (κ2) is 6.41. The van der Waals surface area contributed by atoms with E-state index in [4.69, 9.17) is 0 Å². The number of carboxylic acid groups (broad SMARTS) is 1. The van der Waals surface area contributed by atoms with E-state index in [0.29, 0.717) is 16.3 Å². The fourth-order valence-electron chi connectivity index (χ4n) is 4.65. The monoisotopic (exact) mass is 390 g/mol. The minimum atomic E-state index is -1.01. The molecule has 3 aromatic rings. The van der Waals surface area contributed by atoms with E-state index in [9.17, 15) is 9.90 Å². The standard InChI is InChI=1S/C26H27FO2/c1-15-12-21-22(26(4,5)11-10-25(21,2)3)14-20(15)19-9-6-16-13-17(24(28)29)7-8-18(16)23(19)27/h6-9,12-14H,10-11H2,1-5H3,(H,28,29). The first-order valence-electron chi connectivity index (χ1n) is 10.1. The normalized spacial score (nSPS) is 17.2. The van der Waals surface area contributed by atoms with Gasteiger partial charge >= 0.3 is 5.97 Å². The van der Waals surface area contributed by atoms with E-state index < -0.39 is 5.97 Å². The third-order valence-electron chi connectivity index (χ3n) is 6.69. The summed E-state index contributed by atoms with van der Waals surface area (Å²) in [5, 5.41) is 10.2. The zero-order chi connectivity index (χ0) is 21.1. The fraction of sp³-hybridized carbons (Fsp3) is 0.346. The Morgan fingerprint density at radius 3 is 2.14 bits per heavy atom. The second-order valence-corrected chi connectivity index (χ2v) is 9.65. The molecule has 0 bridgehead atoms. The van der Waals surface area contributed by atoms with Gasteiger partial charge in [0.05, 0.1) is 5.56 Å². The van der Waals surface area contributed by atoms with Gasteiger partial charge in [0.15, 0.2) is 0 Å². The van der Waals surface area contributed by atoms with Gasteiger partial charge in [-0.05, 0) is 76.4 Å². The molecule has 3 heteroatoms. The van der Waals surface area contributed by atoms with Gasteiger partial charge in [-0.15, -0.1) is 0 Å². The number of rotatable bonds is 2. The van der Waals surface area contributed by atoms with Crippen LogP contribution in [0.2, 0.25) is 0 Å². The van der Waals surface area contributed by atoms with Crippen LogP contribution in [-0.2, 0) is 10.8 Å². The van der Waals surface area contributed by atoms with Gasteiger partial charge in [0, 0.05) is 10.9 Å². The molecule has 0 fully saturated rings. The first-order chi connectivity index (χ1) is 13.5. The Morgan fingerprint density at radius 1 is 0.897 bits per heavy atom. The summed E-state index contributed by atoms with van der Waals surface area (Å²) in [5.74, 6) is -1.30. The molecule has 2 nitrogen and oxygen atoms in total. The van der Waals surface area contributed by atoms with Crippen molar-refractivity contribution in [2.45, 2.75) is 58.3 Å². The maximum Gasteiger partial charge on any atom is 0.335 e. The minimum absolute atomic E-state index is 0.0526. The van der Waals surface area contributed by atoms with Gasteiger partial charge in [0.1, 0.15) is 5.82 Å². The summed E-state index contributed by atoms with van der Waals surface area (Å²) in [6.45, 7) is 11.2. The molecule has 0 aliphatic heterocycles. The lowest BCUT2D eigenvalue weighted by Gasteiger charge is -2.42. The molecular weight excluding hydrogens is 363 g/mol. The highest BCUT2D eigenvalue weighted by Crippen LogP contribution is 2.48. The van der Waals surface area contributed by atoms with Crippen molar-refractivity contribution in [2.24, 2.45) is 0 Å². The quantitative estimate of drug-likeness (QED) is 0.511. The average molecular weight is 390 g/mol. The summed E-state index contributed by atoms with van der Waals surface area (Å²) in [7, 11) is 0. The fourth-order valence-corrected chi connectivity index (χ4v) is 4.65. The van der Waals surface area contributed by atoms with Crippen molar-refractivity contribution in [3.63, 3.8) is 0 Å². The molecule has 0 radical (unpaired) electrons. The average Bonchev–Trinajstić information content (AvgIpc) is 2.66. The van der Waals surface area contributed by atoms with Crippen LogP contribution in [0.25, 0.3) is 21.9 Å². The van der Waals surface area contributed by atoms with E-state index in [0.717, 1.165) is 24.0 Å². The smallest absolute Gasteiger partial charge is 0.335 e. The molecular formula is C26H27FO2. The van der Waals surface area contributed by atoms with Gasteiger partial charge in [0.2, 0.25) is 0 Å². The summed E-state index contributed by atoms with van der Waals surface area (Å²) in [6.07, 6.45) is 2.25. The Hall–Kier alpha value is -2.68. The molecule has 4 rings (SSSR count). The Balaban J connectivity index is 1.94. The molecule has 3 aromatic carbocycles. The van der Waals surface area contributed by atoms with Crippen LogP contribution in [-0.4, -0.2) is 11.1 Å². The number of hydrogen-bond acceptors (Lipinski definition) is 1. The molecule has 0 saturated carbocycles. The van der Waals surface area contributed by atoms with E-state index >= 15 is 4.39 Å². The van der Waals surface area contributed by atoms with Crippen molar-refractivity contribution in [3.8, 4) is 11.1 Å². The number of carbonyl (C=O) groups is 1. The molecule has 1 N–H and O–H groups in total. The van der Waals surface area contributed by atoms with Crippen LogP contribution in [0.1, 0.15) is 67.6 Å². The molecule has 0 atom stereocenters. The molecule has 29 heavy (non-hydrogen) atoms. The maximum atomic E-state index is 15.5. The van der Waals surface area contributed by atoms with Gasteiger partial charge in [-0.2, -0.15) is 0 Å². The highest BCUT2D eigenvalue weighted by atomic mass is 19.1. The van der Waals surface area contributed by atoms with Gasteiger partial charge in [-0.1, -0.05) is 52.0 Å². The van der Waals surface area contributed by atoms with Crippen LogP contribution < -0.4 is 0 Å². The highest BCUT2D eigenvalue weighted by Gasteiger charge is 2.37. The number of benzene rings is 3. The SMILES string of the molecule is Cc1cc2c(cc1-c1ccc3cc(C(=O)O)ccc3c1F)C(C)(C)CCC2(C)C. The number of hydrogen-bond donors (Lipinski definition) is 1. The van der Waals surface area contributed by atoms with Crippen molar-refractivity contribution < 1.29 is 14.3 Å². The van der Waals surface area contributed by atoms with Gasteiger partial charge in [-0.25, -0.2) is 9.18 Å².